The van der Waals surface area contributed by atoms with Crippen LogP contribution in [0.15, 0.2) is 48.0 Å². The number of aromatic nitrogens is 2. The number of rotatable bonds is 2. The molecule has 3 aromatic rings. The van der Waals surface area contributed by atoms with E-state index in [0.717, 1.165) is 10.9 Å². The summed E-state index contributed by atoms with van der Waals surface area (Å²) in [7, 11) is 0. The standard InChI is InChI=1S/C14H9N3S/c15-8-11(13-5-3-7-16-17-13)12-9-18-14-6-2-1-4-10(12)14/h1-7,9,11H. The molecule has 0 saturated carbocycles. The molecule has 0 aliphatic carbocycles. The molecule has 0 radical (unpaired) electrons. The van der Waals surface area contributed by atoms with E-state index in [-0.39, 0.29) is 5.92 Å². The molecule has 0 N–H and O–H groups in total. The van der Waals surface area contributed by atoms with E-state index >= 15 is 0 Å². The second-order valence-corrected chi connectivity index (χ2v) is 4.81. The fourth-order valence-electron chi connectivity index (χ4n) is 1.98. The fourth-order valence-corrected chi connectivity index (χ4v) is 2.97. The topological polar surface area (TPSA) is 49.6 Å². The van der Waals surface area contributed by atoms with Crippen molar-refractivity contribution >= 4 is 21.4 Å². The van der Waals surface area contributed by atoms with Crippen LogP contribution in [0.3, 0.4) is 0 Å². The molecule has 0 saturated heterocycles. The normalized spacial score (nSPS) is 12.2. The first-order valence-electron chi connectivity index (χ1n) is 5.53. The Morgan fingerprint density at radius 3 is 2.83 bits per heavy atom. The maximum atomic E-state index is 9.40. The van der Waals surface area contributed by atoms with Gasteiger partial charge in [-0.15, -0.1) is 11.3 Å². The Morgan fingerprint density at radius 2 is 2.06 bits per heavy atom. The molecule has 1 aromatic carbocycles. The van der Waals surface area contributed by atoms with Crippen molar-refractivity contribution in [2.75, 3.05) is 0 Å². The van der Waals surface area contributed by atoms with Gasteiger partial charge in [0.15, 0.2) is 0 Å². The lowest BCUT2D eigenvalue weighted by molar-refractivity contribution is 0.891. The molecule has 1 atom stereocenters. The van der Waals surface area contributed by atoms with Gasteiger partial charge in [0.1, 0.15) is 5.92 Å². The van der Waals surface area contributed by atoms with Gasteiger partial charge in [-0.25, -0.2) is 0 Å². The van der Waals surface area contributed by atoms with Crippen LogP contribution in [-0.4, -0.2) is 10.2 Å². The Labute approximate surface area is 108 Å². The number of thiophene rings is 1. The molecule has 1 unspecified atom stereocenters. The van der Waals surface area contributed by atoms with Crippen molar-refractivity contribution in [2.45, 2.75) is 5.92 Å². The molecule has 3 rings (SSSR count). The molecule has 2 heterocycles. The molecule has 0 bridgehead atoms. The van der Waals surface area contributed by atoms with Crippen LogP contribution in [0.2, 0.25) is 0 Å². The van der Waals surface area contributed by atoms with Crippen LogP contribution in [0.5, 0.6) is 0 Å². The van der Waals surface area contributed by atoms with Crippen molar-refractivity contribution in [2.24, 2.45) is 0 Å². The minimum atomic E-state index is -0.352. The van der Waals surface area contributed by atoms with Crippen LogP contribution in [0, 0.1) is 11.3 Å². The van der Waals surface area contributed by atoms with Gasteiger partial charge in [0.25, 0.3) is 0 Å². The molecule has 0 fully saturated rings. The average Bonchev–Trinajstić information content (AvgIpc) is 2.85. The summed E-state index contributed by atoms with van der Waals surface area (Å²) in [6.07, 6.45) is 1.61. The second kappa shape index (κ2) is 4.55. The molecular formula is C14H9N3S. The lowest BCUT2D eigenvalue weighted by atomic mass is 9.96. The predicted octanol–water partition coefficient (Wildman–Crippen LogP) is 3.35. The van der Waals surface area contributed by atoms with Crippen molar-refractivity contribution in [3.63, 3.8) is 0 Å². The molecule has 0 aliphatic heterocycles. The zero-order chi connectivity index (χ0) is 12.4. The second-order valence-electron chi connectivity index (χ2n) is 3.90. The highest BCUT2D eigenvalue weighted by Gasteiger charge is 2.18. The summed E-state index contributed by atoms with van der Waals surface area (Å²) in [5.74, 6) is -0.352. The summed E-state index contributed by atoms with van der Waals surface area (Å²) in [4.78, 5) is 0. The van der Waals surface area contributed by atoms with Crippen molar-refractivity contribution < 1.29 is 0 Å². The van der Waals surface area contributed by atoms with Crippen LogP contribution in [-0.2, 0) is 0 Å². The van der Waals surface area contributed by atoms with E-state index < -0.39 is 0 Å². The van der Waals surface area contributed by atoms with E-state index in [0.29, 0.717) is 5.69 Å². The molecule has 0 spiro atoms. The number of nitrogens with zero attached hydrogens (tertiary/aromatic N) is 3. The van der Waals surface area contributed by atoms with Crippen LogP contribution in [0.25, 0.3) is 10.1 Å². The third-order valence-corrected chi connectivity index (χ3v) is 3.82. The van der Waals surface area contributed by atoms with Crippen molar-refractivity contribution in [1.29, 1.82) is 5.26 Å². The van der Waals surface area contributed by atoms with Crippen LogP contribution < -0.4 is 0 Å². The van der Waals surface area contributed by atoms with Gasteiger partial charge < -0.3 is 0 Å². The van der Waals surface area contributed by atoms with Gasteiger partial charge in [0, 0.05) is 10.9 Å². The van der Waals surface area contributed by atoms with E-state index in [9.17, 15) is 5.26 Å². The minimum absolute atomic E-state index is 0.352. The zero-order valence-corrected chi connectivity index (χ0v) is 10.3. The monoisotopic (exact) mass is 251 g/mol. The predicted molar refractivity (Wildman–Crippen MR) is 71.3 cm³/mol. The Balaban J connectivity index is 2.16. The van der Waals surface area contributed by atoms with Crippen LogP contribution >= 0.6 is 11.3 Å². The highest BCUT2D eigenvalue weighted by atomic mass is 32.1. The summed E-state index contributed by atoms with van der Waals surface area (Å²) in [5.41, 5.74) is 1.71. The van der Waals surface area contributed by atoms with Gasteiger partial charge in [-0.2, -0.15) is 15.5 Å². The molecule has 86 valence electrons. The van der Waals surface area contributed by atoms with Gasteiger partial charge in [-0.3, -0.25) is 0 Å². The average molecular weight is 251 g/mol. The molecular weight excluding hydrogens is 242 g/mol. The highest BCUT2D eigenvalue weighted by Crippen LogP contribution is 2.33. The third kappa shape index (κ3) is 1.75. The SMILES string of the molecule is N#CC(c1cccnn1)c1csc2ccccc12. The summed E-state index contributed by atoms with van der Waals surface area (Å²) in [5, 5.41) is 20.4. The maximum Gasteiger partial charge on any atom is 0.117 e. The summed E-state index contributed by atoms with van der Waals surface area (Å²) < 4.78 is 1.19. The first-order valence-corrected chi connectivity index (χ1v) is 6.41. The summed E-state index contributed by atoms with van der Waals surface area (Å²) in [6.45, 7) is 0. The van der Waals surface area contributed by atoms with E-state index in [1.54, 1.807) is 23.6 Å². The van der Waals surface area contributed by atoms with Gasteiger partial charge in [-0.1, -0.05) is 18.2 Å². The smallest absolute Gasteiger partial charge is 0.117 e. The maximum absolute atomic E-state index is 9.40. The lowest BCUT2D eigenvalue weighted by Crippen LogP contribution is -2.01. The first kappa shape index (κ1) is 10.9. The van der Waals surface area contributed by atoms with E-state index in [4.69, 9.17) is 0 Å². The fraction of sp³-hybridized carbons (Fsp3) is 0.0714. The Kier molecular flexibility index (Phi) is 2.75. The van der Waals surface area contributed by atoms with Gasteiger partial charge in [-0.05, 0) is 34.5 Å². The van der Waals surface area contributed by atoms with Crippen molar-refractivity contribution in [1.82, 2.24) is 10.2 Å². The van der Waals surface area contributed by atoms with Crippen molar-refractivity contribution in [3.8, 4) is 6.07 Å². The Morgan fingerprint density at radius 1 is 1.17 bits per heavy atom. The summed E-state index contributed by atoms with van der Waals surface area (Å²) in [6, 6.07) is 14.1. The number of benzene rings is 1. The number of hydrogen-bond acceptors (Lipinski definition) is 4. The molecule has 0 aliphatic rings. The third-order valence-electron chi connectivity index (χ3n) is 2.84. The molecule has 18 heavy (non-hydrogen) atoms. The van der Waals surface area contributed by atoms with Gasteiger partial charge in [0.05, 0.1) is 11.8 Å². The molecule has 3 nitrogen and oxygen atoms in total. The van der Waals surface area contributed by atoms with E-state index in [1.807, 2.05) is 29.6 Å². The zero-order valence-electron chi connectivity index (χ0n) is 9.45. The molecule has 2 aromatic heterocycles. The van der Waals surface area contributed by atoms with Crippen LogP contribution in [0.4, 0.5) is 0 Å². The van der Waals surface area contributed by atoms with E-state index in [1.165, 1.54) is 4.70 Å². The largest absolute Gasteiger partial charge is 0.197 e. The van der Waals surface area contributed by atoms with Gasteiger partial charge in [0.2, 0.25) is 0 Å². The van der Waals surface area contributed by atoms with Gasteiger partial charge >= 0.3 is 0 Å². The number of hydrogen-bond donors (Lipinski definition) is 0. The Hall–Kier alpha value is -2.25. The number of fused-ring (bicyclic) bond motifs is 1. The lowest BCUT2D eigenvalue weighted by Gasteiger charge is -2.06. The molecule has 4 heteroatoms. The van der Waals surface area contributed by atoms with E-state index in [2.05, 4.69) is 22.3 Å². The first-order chi connectivity index (χ1) is 8.90. The highest BCUT2D eigenvalue weighted by molar-refractivity contribution is 7.17. The van der Waals surface area contributed by atoms with Crippen molar-refractivity contribution in [3.05, 3.63) is 59.2 Å². The van der Waals surface area contributed by atoms with Crippen LogP contribution in [0.1, 0.15) is 17.2 Å². The molecule has 0 amide bonds. The summed E-state index contributed by atoms with van der Waals surface area (Å²) >= 11 is 1.65. The number of nitriles is 1. The quantitative estimate of drug-likeness (QED) is 0.701. The minimum Gasteiger partial charge on any atom is -0.197 e. The Bertz CT molecular complexity index is 712.